The number of sulfonamides is 1. The molecule has 1 saturated heterocycles. The molecule has 1 aliphatic heterocycles. The molecule has 1 heterocycles. The molecule has 0 bridgehead atoms. The van der Waals surface area contributed by atoms with Crippen molar-refractivity contribution >= 4 is 15.9 Å². The fourth-order valence-corrected chi connectivity index (χ4v) is 5.31. The van der Waals surface area contributed by atoms with E-state index in [0.29, 0.717) is 19.0 Å². The third kappa shape index (κ3) is 3.46. The van der Waals surface area contributed by atoms with Gasteiger partial charge in [0, 0.05) is 26.2 Å². The number of carbonyl (C=O) groups is 1. The maximum atomic E-state index is 12.6. The lowest BCUT2D eigenvalue weighted by Crippen LogP contribution is -2.49. The average Bonchev–Trinajstić information content (AvgIpc) is 2.93. The highest BCUT2D eigenvalue weighted by Gasteiger charge is 2.49. The Hall–Kier alpha value is -0.660. The molecule has 7 heteroatoms. The van der Waals surface area contributed by atoms with Crippen LogP contribution in [0.15, 0.2) is 0 Å². The fourth-order valence-electron chi connectivity index (χ4n) is 3.91. The summed E-state index contributed by atoms with van der Waals surface area (Å²) in [5.41, 5.74) is -0.308. The van der Waals surface area contributed by atoms with E-state index in [-0.39, 0.29) is 23.6 Å². The summed E-state index contributed by atoms with van der Waals surface area (Å²) >= 11 is 0. The first kappa shape index (κ1) is 17.7. The second-order valence-corrected chi connectivity index (χ2v) is 8.47. The van der Waals surface area contributed by atoms with Crippen LogP contribution in [0.5, 0.6) is 0 Å². The Labute approximate surface area is 134 Å². The van der Waals surface area contributed by atoms with Crippen LogP contribution >= 0.6 is 0 Å². The number of nitrogens with zero attached hydrogens (tertiary/aromatic N) is 1. The summed E-state index contributed by atoms with van der Waals surface area (Å²) in [6.45, 7) is 6.44. The molecule has 1 saturated carbocycles. The van der Waals surface area contributed by atoms with Gasteiger partial charge < -0.3 is 10.6 Å². The van der Waals surface area contributed by atoms with Gasteiger partial charge in [-0.15, -0.1) is 0 Å². The van der Waals surface area contributed by atoms with E-state index in [2.05, 4.69) is 10.6 Å². The number of nitrogens with one attached hydrogen (secondary N) is 2. The van der Waals surface area contributed by atoms with E-state index in [4.69, 9.17) is 0 Å². The van der Waals surface area contributed by atoms with Crippen LogP contribution in [0.1, 0.15) is 39.5 Å². The van der Waals surface area contributed by atoms with Crippen LogP contribution < -0.4 is 10.6 Å². The van der Waals surface area contributed by atoms with E-state index >= 15 is 0 Å². The molecule has 2 N–H and O–H groups in total. The predicted molar refractivity (Wildman–Crippen MR) is 87.0 cm³/mol. The lowest BCUT2D eigenvalue weighted by molar-refractivity contribution is -0.133. The van der Waals surface area contributed by atoms with Crippen LogP contribution in [0.2, 0.25) is 0 Å². The minimum absolute atomic E-state index is 0.0193. The van der Waals surface area contributed by atoms with Gasteiger partial charge in [-0.2, -0.15) is 0 Å². The van der Waals surface area contributed by atoms with Crippen LogP contribution in [0.4, 0.5) is 0 Å². The Kier molecular flexibility index (Phi) is 5.85. The Morgan fingerprint density at radius 1 is 1.32 bits per heavy atom. The number of carbonyl (C=O) groups excluding carboxylic acids is 1. The molecule has 2 rings (SSSR count). The first-order chi connectivity index (χ1) is 10.5. The lowest BCUT2D eigenvalue weighted by Gasteiger charge is -2.37. The van der Waals surface area contributed by atoms with Gasteiger partial charge in [-0.1, -0.05) is 26.7 Å². The summed E-state index contributed by atoms with van der Waals surface area (Å²) in [6.07, 6.45) is 4.29. The second-order valence-electron chi connectivity index (χ2n) is 6.39. The van der Waals surface area contributed by atoms with Crippen molar-refractivity contribution in [3.05, 3.63) is 0 Å². The molecule has 0 aromatic heterocycles. The molecule has 0 spiro atoms. The van der Waals surface area contributed by atoms with Crippen molar-refractivity contribution in [2.45, 2.75) is 39.5 Å². The van der Waals surface area contributed by atoms with Crippen molar-refractivity contribution < 1.29 is 13.2 Å². The van der Waals surface area contributed by atoms with Crippen molar-refractivity contribution in [2.24, 2.45) is 11.3 Å². The molecule has 1 amide bonds. The Bertz CT molecular complexity index is 490. The van der Waals surface area contributed by atoms with Crippen LogP contribution in [0.3, 0.4) is 0 Å². The number of hydrogen-bond acceptors (Lipinski definition) is 4. The van der Waals surface area contributed by atoms with Crippen molar-refractivity contribution in [2.75, 3.05) is 38.5 Å². The molecular weight excluding hydrogens is 302 g/mol. The first-order valence-corrected chi connectivity index (χ1v) is 10.0. The summed E-state index contributed by atoms with van der Waals surface area (Å²) in [5, 5.41) is 6.23. The Morgan fingerprint density at radius 2 is 2.05 bits per heavy atom. The molecule has 0 radical (unpaired) electrons. The van der Waals surface area contributed by atoms with Gasteiger partial charge in [0.2, 0.25) is 15.9 Å². The predicted octanol–water partition coefficient (Wildman–Crippen LogP) is 0.554. The molecular formula is C15H29N3O3S. The van der Waals surface area contributed by atoms with Gasteiger partial charge in [0.05, 0.1) is 11.2 Å². The third-order valence-electron chi connectivity index (χ3n) is 5.23. The van der Waals surface area contributed by atoms with Gasteiger partial charge in [-0.3, -0.25) is 4.79 Å². The molecule has 6 nitrogen and oxygen atoms in total. The van der Waals surface area contributed by atoms with E-state index < -0.39 is 10.0 Å². The van der Waals surface area contributed by atoms with Gasteiger partial charge in [0.25, 0.3) is 0 Å². The molecule has 0 aromatic carbocycles. The molecule has 128 valence electrons. The van der Waals surface area contributed by atoms with Gasteiger partial charge in [-0.05, 0) is 25.3 Å². The molecule has 22 heavy (non-hydrogen) atoms. The minimum Gasteiger partial charge on any atom is -0.354 e. The van der Waals surface area contributed by atoms with Crippen LogP contribution in [-0.2, 0) is 14.8 Å². The third-order valence-corrected chi connectivity index (χ3v) is 7.26. The highest BCUT2D eigenvalue weighted by molar-refractivity contribution is 7.89. The lowest BCUT2D eigenvalue weighted by atomic mass is 9.67. The largest absolute Gasteiger partial charge is 0.354 e. The minimum atomic E-state index is -3.27. The maximum Gasteiger partial charge on any atom is 0.227 e. The SMILES string of the molecule is CCN(CC)S(=O)(=O)CCNC(=O)[C@@]12CCCC[C@H]1CNC2. The highest BCUT2D eigenvalue weighted by Crippen LogP contribution is 2.43. The molecule has 2 atom stereocenters. The van der Waals surface area contributed by atoms with E-state index in [1.165, 1.54) is 10.7 Å². The topological polar surface area (TPSA) is 78.5 Å². The molecule has 0 unspecified atom stereocenters. The van der Waals surface area contributed by atoms with Crippen molar-refractivity contribution in [3.63, 3.8) is 0 Å². The van der Waals surface area contributed by atoms with E-state index in [0.717, 1.165) is 32.4 Å². The quantitative estimate of drug-likeness (QED) is 0.714. The monoisotopic (exact) mass is 331 g/mol. The summed E-state index contributed by atoms with van der Waals surface area (Å²) in [6, 6.07) is 0. The maximum absolute atomic E-state index is 12.6. The van der Waals surface area contributed by atoms with Crippen LogP contribution in [-0.4, -0.2) is 57.1 Å². The molecule has 2 aliphatic rings. The summed E-state index contributed by atoms with van der Waals surface area (Å²) in [5.74, 6) is 0.423. The van der Waals surface area contributed by atoms with Gasteiger partial charge in [0.15, 0.2) is 0 Å². The second kappa shape index (κ2) is 7.27. The number of hydrogen-bond donors (Lipinski definition) is 2. The van der Waals surface area contributed by atoms with Gasteiger partial charge in [0.1, 0.15) is 0 Å². The fraction of sp³-hybridized carbons (Fsp3) is 0.933. The standard InChI is InChI=1S/C15H29N3O3S/c1-3-18(4-2)22(20,21)10-9-17-14(19)15-8-6-5-7-13(15)11-16-12-15/h13,16H,3-12H2,1-2H3,(H,17,19)/t13-,15+/m0/s1. The van der Waals surface area contributed by atoms with Crippen LogP contribution in [0.25, 0.3) is 0 Å². The number of fused-ring (bicyclic) bond motifs is 1. The van der Waals surface area contributed by atoms with E-state index in [1.807, 2.05) is 13.8 Å². The smallest absolute Gasteiger partial charge is 0.227 e. The number of amides is 1. The van der Waals surface area contributed by atoms with Crippen molar-refractivity contribution in [3.8, 4) is 0 Å². The zero-order chi connectivity index (χ0) is 16.2. The average molecular weight is 331 g/mol. The van der Waals surface area contributed by atoms with Gasteiger partial charge >= 0.3 is 0 Å². The number of rotatable bonds is 7. The van der Waals surface area contributed by atoms with Crippen molar-refractivity contribution in [1.82, 2.24) is 14.9 Å². The van der Waals surface area contributed by atoms with Gasteiger partial charge in [-0.25, -0.2) is 12.7 Å². The van der Waals surface area contributed by atoms with E-state index in [1.54, 1.807) is 0 Å². The summed E-state index contributed by atoms with van der Waals surface area (Å²) < 4.78 is 25.7. The summed E-state index contributed by atoms with van der Waals surface area (Å²) in [7, 11) is -3.27. The highest BCUT2D eigenvalue weighted by atomic mass is 32.2. The molecule has 2 fully saturated rings. The zero-order valence-electron chi connectivity index (χ0n) is 13.7. The zero-order valence-corrected chi connectivity index (χ0v) is 14.5. The normalized spacial score (nSPS) is 28.6. The van der Waals surface area contributed by atoms with Crippen molar-refractivity contribution in [1.29, 1.82) is 0 Å². The Morgan fingerprint density at radius 3 is 2.73 bits per heavy atom. The molecule has 0 aromatic rings. The van der Waals surface area contributed by atoms with Crippen LogP contribution in [0, 0.1) is 11.3 Å². The first-order valence-electron chi connectivity index (χ1n) is 8.43. The summed E-state index contributed by atoms with van der Waals surface area (Å²) in [4.78, 5) is 12.6. The van der Waals surface area contributed by atoms with E-state index in [9.17, 15) is 13.2 Å². The molecule has 1 aliphatic carbocycles. The Balaban J connectivity index is 1.90.